The average Bonchev–Trinajstić information content (AvgIpc) is 2.24. The van der Waals surface area contributed by atoms with Crippen molar-refractivity contribution in [2.45, 2.75) is 24.2 Å². The van der Waals surface area contributed by atoms with Crippen molar-refractivity contribution in [3.8, 4) is 5.75 Å². The molecule has 5 nitrogen and oxygen atoms in total. The van der Waals surface area contributed by atoms with Gasteiger partial charge < -0.3 is 10.5 Å². The van der Waals surface area contributed by atoms with E-state index in [4.69, 9.17) is 16.4 Å². The molecule has 0 amide bonds. The predicted octanol–water partition coefficient (Wildman–Crippen LogP) is 2.30. The zero-order valence-corrected chi connectivity index (χ0v) is 10.9. The van der Waals surface area contributed by atoms with Crippen LogP contribution >= 0.6 is 10.7 Å². The minimum absolute atomic E-state index is 0.215. The van der Waals surface area contributed by atoms with Gasteiger partial charge in [0.25, 0.3) is 15.5 Å². The van der Waals surface area contributed by atoms with Crippen molar-refractivity contribution in [2.75, 3.05) is 0 Å². The lowest BCUT2D eigenvalue weighted by molar-refractivity contribution is -0.275. The Kier molecular flexibility index (Phi) is 4.77. The zero-order valence-electron chi connectivity index (χ0n) is 9.29. The maximum absolute atomic E-state index is 12.6. The third kappa shape index (κ3) is 4.15. The number of nitrogens with zero attached hydrogens (tertiary/aromatic N) is 1. The van der Waals surface area contributed by atoms with Crippen LogP contribution in [0.2, 0.25) is 0 Å². The number of halogens is 6. The van der Waals surface area contributed by atoms with Gasteiger partial charge >= 0.3 is 6.36 Å². The first-order chi connectivity index (χ1) is 8.95. The Bertz CT molecular complexity index is 605. The van der Waals surface area contributed by atoms with Crippen LogP contribution in [0.25, 0.3) is 0 Å². The summed E-state index contributed by atoms with van der Waals surface area (Å²) < 4.78 is 87.1. The van der Waals surface area contributed by atoms with Crippen molar-refractivity contribution < 1.29 is 35.1 Å². The summed E-state index contributed by atoms with van der Waals surface area (Å²) >= 11 is 0. The summed E-state index contributed by atoms with van der Waals surface area (Å²) in [5.41, 5.74) is 3.12. The molecule has 0 bridgehead atoms. The van der Waals surface area contributed by atoms with Gasteiger partial charge in [0.05, 0.1) is 5.69 Å². The molecule has 0 aliphatic heterocycles. The van der Waals surface area contributed by atoms with E-state index in [1.807, 2.05) is 0 Å². The standard InChI is InChI=1S/C8H6ClF5N2O3S/c9-20(17,18)5-1-4(19-8(12,13)14)6(7(10)11)16-3(5)2-15/h1,7H,2,15H2. The van der Waals surface area contributed by atoms with Crippen LogP contribution in [0.4, 0.5) is 22.0 Å². The molecule has 0 aliphatic carbocycles. The van der Waals surface area contributed by atoms with Gasteiger partial charge in [0.1, 0.15) is 10.6 Å². The third-order valence-electron chi connectivity index (χ3n) is 1.94. The largest absolute Gasteiger partial charge is 0.573 e. The monoisotopic (exact) mass is 340 g/mol. The molecule has 1 aromatic heterocycles. The van der Waals surface area contributed by atoms with Crippen LogP contribution in [0.3, 0.4) is 0 Å². The van der Waals surface area contributed by atoms with Gasteiger partial charge in [-0.15, -0.1) is 13.2 Å². The summed E-state index contributed by atoms with van der Waals surface area (Å²) in [6.07, 6.45) is -8.73. The van der Waals surface area contributed by atoms with Crippen molar-refractivity contribution in [1.82, 2.24) is 4.98 Å². The second kappa shape index (κ2) is 5.66. The van der Waals surface area contributed by atoms with Crippen molar-refractivity contribution in [2.24, 2.45) is 5.73 Å². The van der Waals surface area contributed by atoms with E-state index in [1.165, 1.54) is 0 Å². The Morgan fingerprint density at radius 2 is 1.95 bits per heavy atom. The zero-order chi connectivity index (χ0) is 15.7. The van der Waals surface area contributed by atoms with Crippen LogP contribution in [0.5, 0.6) is 5.75 Å². The molecule has 0 spiro atoms. The van der Waals surface area contributed by atoms with E-state index in [1.54, 1.807) is 0 Å². The van der Waals surface area contributed by atoms with Crippen molar-refractivity contribution in [1.29, 1.82) is 0 Å². The van der Waals surface area contributed by atoms with Gasteiger partial charge in [0, 0.05) is 23.3 Å². The normalized spacial score (nSPS) is 12.8. The summed E-state index contributed by atoms with van der Waals surface area (Å²) in [4.78, 5) is 2.15. The molecule has 1 rings (SSSR count). The number of hydrogen-bond donors (Lipinski definition) is 1. The molecule has 0 saturated carbocycles. The second-order valence-electron chi connectivity index (χ2n) is 3.31. The summed E-state index contributed by atoms with van der Waals surface area (Å²) in [6, 6.07) is 0.215. The van der Waals surface area contributed by atoms with Gasteiger partial charge in [-0.3, -0.25) is 0 Å². The lowest BCUT2D eigenvalue weighted by atomic mass is 10.2. The Balaban J connectivity index is 3.55. The van der Waals surface area contributed by atoms with Gasteiger partial charge in [0.15, 0.2) is 5.75 Å². The number of alkyl halides is 5. The number of rotatable bonds is 4. The molecule has 1 aromatic rings. The molecule has 0 unspecified atom stereocenters. The topological polar surface area (TPSA) is 82.3 Å². The lowest BCUT2D eigenvalue weighted by Gasteiger charge is -2.15. The molecule has 0 aromatic carbocycles. The molecule has 0 radical (unpaired) electrons. The molecule has 0 aliphatic rings. The number of aromatic nitrogens is 1. The Hall–Kier alpha value is -1.20. The molecule has 0 fully saturated rings. The molecule has 2 N–H and O–H groups in total. The highest BCUT2D eigenvalue weighted by Crippen LogP contribution is 2.35. The number of ether oxygens (including phenoxy) is 1. The van der Waals surface area contributed by atoms with Gasteiger partial charge in [-0.2, -0.15) is 0 Å². The third-order valence-corrected chi connectivity index (χ3v) is 3.32. The molecule has 12 heteroatoms. The fourth-order valence-electron chi connectivity index (χ4n) is 1.25. The van der Waals surface area contributed by atoms with E-state index in [9.17, 15) is 30.4 Å². The minimum Gasteiger partial charge on any atom is -0.404 e. The fraction of sp³-hybridized carbons (Fsp3) is 0.375. The highest BCUT2D eigenvalue weighted by molar-refractivity contribution is 8.13. The van der Waals surface area contributed by atoms with Crippen LogP contribution in [-0.2, 0) is 15.6 Å². The first-order valence-electron chi connectivity index (χ1n) is 4.68. The fourth-order valence-corrected chi connectivity index (χ4v) is 2.31. The predicted molar refractivity (Wildman–Crippen MR) is 56.8 cm³/mol. The quantitative estimate of drug-likeness (QED) is 0.672. The molecule has 0 atom stereocenters. The number of nitrogens with two attached hydrogens (primary N) is 1. The molecule has 114 valence electrons. The smallest absolute Gasteiger partial charge is 0.404 e. The highest BCUT2D eigenvalue weighted by atomic mass is 35.7. The SMILES string of the molecule is NCc1nc(C(F)F)c(OC(F)(F)F)cc1S(=O)(=O)Cl. The van der Waals surface area contributed by atoms with E-state index in [0.717, 1.165) is 0 Å². The van der Waals surface area contributed by atoms with Crippen LogP contribution in [0, 0.1) is 0 Å². The van der Waals surface area contributed by atoms with Gasteiger partial charge in [-0.05, 0) is 0 Å². The van der Waals surface area contributed by atoms with E-state index >= 15 is 0 Å². The summed E-state index contributed by atoms with van der Waals surface area (Å²) in [7, 11) is 0.441. The van der Waals surface area contributed by atoms with E-state index < -0.39 is 50.4 Å². The molecule has 0 saturated heterocycles. The summed E-state index contributed by atoms with van der Waals surface area (Å²) in [5, 5.41) is 0. The first kappa shape index (κ1) is 16.9. The number of hydrogen-bond acceptors (Lipinski definition) is 5. The average molecular weight is 341 g/mol. The van der Waals surface area contributed by atoms with Crippen molar-refractivity contribution in [3.05, 3.63) is 17.5 Å². The molecule has 1 heterocycles. The first-order valence-corrected chi connectivity index (χ1v) is 6.99. The van der Waals surface area contributed by atoms with Crippen molar-refractivity contribution >= 4 is 19.7 Å². The summed E-state index contributed by atoms with van der Waals surface area (Å²) in [6.45, 7) is -0.618. The summed E-state index contributed by atoms with van der Waals surface area (Å²) in [5.74, 6) is -1.45. The maximum Gasteiger partial charge on any atom is 0.573 e. The van der Waals surface area contributed by atoms with Crippen LogP contribution in [0.1, 0.15) is 17.8 Å². The number of pyridine rings is 1. The Morgan fingerprint density at radius 3 is 2.30 bits per heavy atom. The maximum atomic E-state index is 12.6. The molecular formula is C8H6ClF5N2O3S. The minimum atomic E-state index is -5.30. The van der Waals surface area contributed by atoms with E-state index in [0.29, 0.717) is 0 Å². The molecule has 20 heavy (non-hydrogen) atoms. The van der Waals surface area contributed by atoms with Gasteiger partial charge in [-0.25, -0.2) is 22.2 Å². The second-order valence-corrected chi connectivity index (χ2v) is 5.84. The van der Waals surface area contributed by atoms with Crippen LogP contribution in [0.15, 0.2) is 11.0 Å². The molecular weight excluding hydrogens is 335 g/mol. The Morgan fingerprint density at radius 1 is 1.40 bits per heavy atom. The van der Waals surface area contributed by atoms with Crippen LogP contribution in [-0.4, -0.2) is 19.8 Å². The van der Waals surface area contributed by atoms with E-state index in [-0.39, 0.29) is 6.07 Å². The van der Waals surface area contributed by atoms with Gasteiger partial charge in [-0.1, -0.05) is 0 Å². The highest BCUT2D eigenvalue weighted by Gasteiger charge is 2.35. The van der Waals surface area contributed by atoms with Crippen molar-refractivity contribution in [3.63, 3.8) is 0 Å². The Labute approximate surface area is 113 Å². The van der Waals surface area contributed by atoms with E-state index in [2.05, 4.69) is 9.72 Å². The lowest BCUT2D eigenvalue weighted by Crippen LogP contribution is -2.20. The van der Waals surface area contributed by atoms with Gasteiger partial charge in [0.2, 0.25) is 0 Å². The van der Waals surface area contributed by atoms with Crippen LogP contribution < -0.4 is 10.5 Å².